The van der Waals surface area contributed by atoms with Gasteiger partial charge in [0.2, 0.25) is 0 Å². The van der Waals surface area contributed by atoms with Crippen LogP contribution in [0.5, 0.6) is 0 Å². The van der Waals surface area contributed by atoms with Crippen molar-refractivity contribution in [2.24, 2.45) is 4.99 Å². The number of hydrogen-bond donors (Lipinski definition) is 0. The number of hydrogen-bond acceptors (Lipinski definition) is 2. The highest BCUT2D eigenvalue weighted by Crippen LogP contribution is 2.33. The summed E-state index contributed by atoms with van der Waals surface area (Å²) in [6.45, 7) is 2.08. The second kappa shape index (κ2) is 2.94. The third kappa shape index (κ3) is 1.54. The lowest BCUT2D eigenvalue weighted by atomic mass is 10.1. The van der Waals surface area contributed by atoms with Gasteiger partial charge in [-0.3, -0.25) is 4.99 Å². The zero-order valence-corrected chi connectivity index (χ0v) is 9.09. The fourth-order valence-electron chi connectivity index (χ4n) is 1.27. The molecular weight excluding hydrogens is 269 g/mol. The molecule has 1 aliphatic carbocycles. The van der Waals surface area contributed by atoms with Crippen LogP contribution in [0.4, 0.5) is 0 Å². The molecule has 2 unspecified atom stereocenters. The van der Waals surface area contributed by atoms with Crippen molar-refractivity contribution >= 4 is 39.4 Å². The van der Waals surface area contributed by atoms with Gasteiger partial charge in [0.05, 0.1) is 16.3 Å². The summed E-state index contributed by atoms with van der Waals surface area (Å²) >= 11 is 4.22. The van der Waals surface area contributed by atoms with E-state index in [1.807, 2.05) is 11.8 Å². The van der Waals surface area contributed by atoms with Gasteiger partial charge in [-0.1, -0.05) is 18.2 Å². The van der Waals surface area contributed by atoms with Gasteiger partial charge in [0, 0.05) is 3.58 Å². The summed E-state index contributed by atoms with van der Waals surface area (Å²) in [4.78, 5) is 4.49. The first kappa shape index (κ1) is 7.86. The van der Waals surface area contributed by atoms with Crippen molar-refractivity contribution < 1.29 is 0 Å². The van der Waals surface area contributed by atoms with Gasteiger partial charge in [0.1, 0.15) is 0 Å². The molecule has 0 saturated carbocycles. The smallest absolute Gasteiger partial charge is 0.0850 e. The minimum absolute atomic E-state index is 0.415. The molecule has 0 radical (unpaired) electrons. The first-order valence-corrected chi connectivity index (χ1v) is 5.48. The lowest BCUT2D eigenvalue weighted by Gasteiger charge is -2.13. The van der Waals surface area contributed by atoms with Crippen LogP contribution >= 0.6 is 34.4 Å². The molecule has 0 N–H and O–H groups in total. The van der Waals surface area contributed by atoms with Crippen LogP contribution in [0.1, 0.15) is 6.92 Å². The molecule has 1 aliphatic heterocycles. The number of allylic oxidation sites excluding steroid dienone is 2. The predicted molar refractivity (Wildman–Crippen MR) is 59.5 cm³/mol. The Morgan fingerprint density at radius 2 is 2.45 bits per heavy atom. The summed E-state index contributed by atoms with van der Waals surface area (Å²) in [5.74, 6) is 0. The normalized spacial score (nSPS) is 34.7. The van der Waals surface area contributed by atoms with Crippen LogP contribution in [-0.4, -0.2) is 16.3 Å². The van der Waals surface area contributed by atoms with E-state index >= 15 is 0 Å². The zero-order chi connectivity index (χ0) is 7.84. The molecule has 1 nitrogen and oxygen atoms in total. The molecule has 0 saturated heterocycles. The second-order valence-electron chi connectivity index (χ2n) is 2.63. The van der Waals surface area contributed by atoms with E-state index in [9.17, 15) is 0 Å². The summed E-state index contributed by atoms with van der Waals surface area (Å²) in [5.41, 5.74) is 0. The van der Waals surface area contributed by atoms with Gasteiger partial charge in [0.15, 0.2) is 0 Å². The van der Waals surface area contributed by atoms with Crippen molar-refractivity contribution in [2.75, 3.05) is 0 Å². The maximum atomic E-state index is 4.49. The van der Waals surface area contributed by atoms with Crippen LogP contribution in [0.3, 0.4) is 0 Å². The van der Waals surface area contributed by atoms with Crippen LogP contribution in [0, 0.1) is 0 Å². The highest BCUT2D eigenvalue weighted by molar-refractivity contribution is 14.1. The molecule has 0 fully saturated rings. The quantitative estimate of drug-likeness (QED) is 0.620. The summed E-state index contributed by atoms with van der Waals surface area (Å²) < 4.78 is 1.33. The van der Waals surface area contributed by atoms with Crippen molar-refractivity contribution in [3.8, 4) is 0 Å². The third-order valence-electron chi connectivity index (χ3n) is 1.75. The SMILES string of the molecule is CC1=NC2C=CC(I)=CC2S1. The average Bonchev–Trinajstić information content (AvgIpc) is 2.27. The molecule has 0 aromatic carbocycles. The summed E-state index contributed by atoms with van der Waals surface area (Å²) in [5, 5.41) is 1.79. The number of aliphatic imine (C=N–C) groups is 1. The first-order valence-electron chi connectivity index (χ1n) is 3.52. The second-order valence-corrected chi connectivity index (χ2v) is 5.25. The highest BCUT2D eigenvalue weighted by Gasteiger charge is 2.26. The van der Waals surface area contributed by atoms with Gasteiger partial charge in [-0.05, 0) is 29.5 Å². The van der Waals surface area contributed by atoms with E-state index in [1.54, 1.807) is 0 Å². The van der Waals surface area contributed by atoms with Gasteiger partial charge in [-0.25, -0.2) is 0 Å². The van der Waals surface area contributed by atoms with E-state index in [2.05, 4.69) is 52.7 Å². The number of halogens is 1. The van der Waals surface area contributed by atoms with Crippen LogP contribution in [0.25, 0.3) is 0 Å². The Kier molecular flexibility index (Phi) is 2.10. The topological polar surface area (TPSA) is 12.4 Å². The van der Waals surface area contributed by atoms with E-state index in [4.69, 9.17) is 0 Å². The molecule has 1 heterocycles. The Bertz CT molecular complexity index is 267. The lowest BCUT2D eigenvalue weighted by Crippen LogP contribution is -2.14. The fraction of sp³-hybridized carbons (Fsp3) is 0.375. The molecule has 2 atom stereocenters. The maximum Gasteiger partial charge on any atom is 0.0850 e. The Morgan fingerprint density at radius 1 is 1.64 bits per heavy atom. The van der Waals surface area contributed by atoms with Crippen LogP contribution in [0.2, 0.25) is 0 Å². The van der Waals surface area contributed by atoms with Crippen molar-refractivity contribution in [3.05, 3.63) is 21.8 Å². The molecule has 2 aliphatic rings. The largest absolute Gasteiger partial charge is 0.274 e. The van der Waals surface area contributed by atoms with Crippen molar-refractivity contribution in [1.82, 2.24) is 0 Å². The molecule has 11 heavy (non-hydrogen) atoms. The number of thioether (sulfide) groups is 1. The molecule has 0 bridgehead atoms. The van der Waals surface area contributed by atoms with E-state index in [0.29, 0.717) is 11.3 Å². The molecule has 58 valence electrons. The summed E-state index contributed by atoms with van der Waals surface area (Å²) in [6, 6.07) is 0.415. The van der Waals surface area contributed by atoms with E-state index in [0.717, 1.165) is 0 Å². The van der Waals surface area contributed by atoms with Gasteiger partial charge in [-0.15, -0.1) is 11.8 Å². The number of rotatable bonds is 0. The van der Waals surface area contributed by atoms with E-state index in [1.165, 1.54) is 8.62 Å². The van der Waals surface area contributed by atoms with Gasteiger partial charge in [-0.2, -0.15) is 0 Å². The fourth-order valence-corrected chi connectivity index (χ4v) is 3.19. The summed E-state index contributed by atoms with van der Waals surface area (Å²) in [7, 11) is 0. The lowest BCUT2D eigenvalue weighted by molar-refractivity contribution is 0.861. The molecule has 0 aromatic rings. The summed E-state index contributed by atoms with van der Waals surface area (Å²) in [6.07, 6.45) is 6.62. The molecule has 3 heteroatoms. The minimum atomic E-state index is 0.415. The van der Waals surface area contributed by atoms with E-state index in [-0.39, 0.29) is 0 Å². The highest BCUT2D eigenvalue weighted by atomic mass is 127. The molecule has 0 amide bonds. The number of fused-ring (bicyclic) bond motifs is 1. The third-order valence-corrected chi connectivity index (χ3v) is 3.60. The molecule has 0 aromatic heterocycles. The zero-order valence-electron chi connectivity index (χ0n) is 6.12. The van der Waals surface area contributed by atoms with E-state index < -0.39 is 0 Å². The van der Waals surface area contributed by atoms with Crippen LogP contribution in [0.15, 0.2) is 26.8 Å². The Balaban J connectivity index is 2.25. The maximum absolute atomic E-state index is 4.49. The van der Waals surface area contributed by atoms with Crippen molar-refractivity contribution in [1.29, 1.82) is 0 Å². The molecule has 0 spiro atoms. The Hall–Kier alpha value is 0.230. The minimum Gasteiger partial charge on any atom is -0.274 e. The monoisotopic (exact) mass is 277 g/mol. The standard InChI is InChI=1S/C8H8INS/c1-5-10-7-3-2-6(9)4-8(7)11-5/h2-4,7-8H,1H3. The predicted octanol–water partition coefficient (Wildman–Crippen LogP) is 2.78. The first-order chi connectivity index (χ1) is 5.25. The number of nitrogens with zero attached hydrogens (tertiary/aromatic N) is 1. The average molecular weight is 277 g/mol. The van der Waals surface area contributed by atoms with Gasteiger partial charge in [0.25, 0.3) is 0 Å². The van der Waals surface area contributed by atoms with Gasteiger partial charge >= 0.3 is 0 Å². The van der Waals surface area contributed by atoms with Crippen LogP contribution < -0.4 is 0 Å². The van der Waals surface area contributed by atoms with Crippen molar-refractivity contribution in [3.63, 3.8) is 0 Å². The molecular formula is C8H8INS. The van der Waals surface area contributed by atoms with Gasteiger partial charge < -0.3 is 0 Å². The Labute approximate surface area is 84.2 Å². The van der Waals surface area contributed by atoms with Crippen LogP contribution in [-0.2, 0) is 0 Å². The molecule has 2 rings (SSSR count). The Morgan fingerprint density at radius 3 is 3.27 bits per heavy atom. The van der Waals surface area contributed by atoms with Crippen molar-refractivity contribution in [2.45, 2.75) is 18.2 Å².